The summed E-state index contributed by atoms with van der Waals surface area (Å²) in [6.45, 7) is 3.74. The van der Waals surface area contributed by atoms with Crippen molar-refractivity contribution in [1.82, 2.24) is 15.8 Å². The number of nitrogens with zero attached hydrogens (tertiary/aromatic N) is 1. The Kier molecular flexibility index (Phi) is 7.20. The minimum atomic E-state index is -0.457. The number of urea groups is 1. The van der Waals surface area contributed by atoms with Crippen LogP contribution in [0.4, 0.5) is 4.79 Å². The van der Waals surface area contributed by atoms with Gasteiger partial charge in [0.05, 0.1) is 0 Å². The number of nitrogens with one attached hydrogen (secondary N) is 2. The van der Waals surface area contributed by atoms with Crippen LogP contribution in [0.3, 0.4) is 0 Å². The van der Waals surface area contributed by atoms with Crippen LogP contribution in [0.25, 0.3) is 0 Å². The first kappa shape index (κ1) is 15.7. The average Bonchev–Trinajstić information content (AvgIpc) is 2.41. The zero-order chi connectivity index (χ0) is 14.1. The molecule has 0 atom stereocenters. The molecular formula is C12H25N5O2. The highest BCUT2D eigenvalue weighted by molar-refractivity contribution is 5.76. The fourth-order valence-electron chi connectivity index (χ4n) is 2.27. The molecular weight excluding hydrogens is 246 g/mol. The van der Waals surface area contributed by atoms with E-state index in [0.717, 1.165) is 51.9 Å². The Morgan fingerprint density at radius 2 is 1.63 bits per heavy atom. The molecule has 0 unspecified atom stereocenters. The number of amides is 3. The number of rotatable bonds is 2. The highest BCUT2D eigenvalue weighted by Gasteiger charge is 2.17. The van der Waals surface area contributed by atoms with Crippen molar-refractivity contribution < 1.29 is 9.59 Å². The molecule has 2 fully saturated rings. The largest absolute Gasteiger partial charge is 0.369 e. The molecule has 2 aliphatic rings. The summed E-state index contributed by atoms with van der Waals surface area (Å²) in [5, 5.41) is 5.03. The zero-order valence-electron chi connectivity index (χ0n) is 11.4. The minimum absolute atomic E-state index is 0.131. The van der Waals surface area contributed by atoms with Crippen LogP contribution in [0.5, 0.6) is 0 Å². The molecule has 0 saturated carbocycles. The topological polar surface area (TPSA) is 113 Å². The van der Waals surface area contributed by atoms with Gasteiger partial charge in [-0.15, -0.1) is 0 Å². The molecule has 0 aromatic carbocycles. The molecule has 7 heteroatoms. The van der Waals surface area contributed by atoms with Crippen molar-refractivity contribution in [1.29, 1.82) is 0 Å². The lowest BCUT2D eigenvalue weighted by molar-refractivity contribution is -0.122. The maximum atomic E-state index is 10.5. The molecule has 6 N–H and O–H groups in total. The van der Waals surface area contributed by atoms with Gasteiger partial charge in [-0.05, 0) is 38.8 Å². The van der Waals surface area contributed by atoms with Crippen molar-refractivity contribution in [2.75, 3.05) is 26.2 Å². The predicted molar refractivity (Wildman–Crippen MR) is 72.9 cm³/mol. The minimum Gasteiger partial charge on any atom is -0.369 e. The second-order valence-electron chi connectivity index (χ2n) is 4.95. The van der Waals surface area contributed by atoms with E-state index in [2.05, 4.69) is 10.7 Å². The Labute approximate surface area is 114 Å². The van der Waals surface area contributed by atoms with E-state index in [9.17, 15) is 9.59 Å². The van der Waals surface area contributed by atoms with Crippen molar-refractivity contribution in [3.05, 3.63) is 0 Å². The van der Waals surface area contributed by atoms with Crippen LogP contribution in [0.2, 0.25) is 0 Å². The average molecular weight is 271 g/mol. The molecule has 0 aromatic heterocycles. The lowest BCUT2D eigenvalue weighted by Crippen LogP contribution is -2.47. The number of hydrogen-bond acceptors (Lipinski definition) is 4. The fraction of sp³-hybridized carbons (Fsp3) is 0.833. The first-order valence-electron chi connectivity index (χ1n) is 6.90. The van der Waals surface area contributed by atoms with E-state index in [-0.39, 0.29) is 11.8 Å². The number of carbonyl (C=O) groups excluding carboxylic acids is 2. The smallest absolute Gasteiger partial charge is 0.326 e. The van der Waals surface area contributed by atoms with Crippen molar-refractivity contribution in [3.8, 4) is 0 Å². The van der Waals surface area contributed by atoms with Gasteiger partial charge in [0.1, 0.15) is 0 Å². The lowest BCUT2D eigenvalue weighted by atomic mass is 9.98. The zero-order valence-corrected chi connectivity index (χ0v) is 11.4. The van der Waals surface area contributed by atoms with Crippen LogP contribution in [-0.2, 0) is 4.79 Å². The van der Waals surface area contributed by atoms with Crippen LogP contribution >= 0.6 is 0 Å². The quantitative estimate of drug-likeness (QED) is 0.543. The summed E-state index contributed by atoms with van der Waals surface area (Å²) >= 11 is 0. The van der Waals surface area contributed by atoms with Crippen molar-refractivity contribution in [2.24, 2.45) is 17.4 Å². The van der Waals surface area contributed by atoms with Gasteiger partial charge in [0.15, 0.2) is 0 Å². The third-order valence-corrected chi connectivity index (χ3v) is 3.37. The van der Waals surface area contributed by atoms with Gasteiger partial charge in [-0.2, -0.15) is 0 Å². The molecule has 19 heavy (non-hydrogen) atoms. The Hall–Kier alpha value is -1.34. The molecule has 0 radical (unpaired) electrons. The first-order chi connectivity index (χ1) is 9.09. The van der Waals surface area contributed by atoms with E-state index in [1.807, 2.05) is 5.01 Å². The standard InChI is InChI=1S/C6H13N3O.C6H12N2O/c7-6(10)8-9-4-2-1-3-5-9;7-6(9)5-1-3-8-4-2-5/h1-5H2,(H3,7,8,10);5,8H,1-4H2,(H2,7,9). The molecule has 2 aliphatic heterocycles. The van der Waals surface area contributed by atoms with Crippen molar-refractivity contribution in [2.45, 2.75) is 32.1 Å². The summed E-state index contributed by atoms with van der Waals surface area (Å²) in [5.74, 6) is -0.0113. The summed E-state index contributed by atoms with van der Waals surface area (Å²) in [6, 6.07) is -0.457. The van der Waals surface area contributed by atoms with E-state index < -0.39 is 6.03 Å². The van der Waals surface area contributed by atoms with Gasteiger partial charge in [-0.3, -0.25) is 10.2 Å². The Bertz CT molecular complexity index is 286. The summed E-state index contributed by atoms with van der Waals surface area (Å²) in [5.41, 5.74) is 12.6. The third kappa shape index (κ3) is 6.97. The van der Waals surface area contributed by atoms with E-state index in [1.165, 1.54) is 6.42 Å². The van der Waals surface area contributed by atoms with Gasteiger partial charge in [0.2, 0.25) is 5.91 Å². The van der Waals surface area contributed by atoms with Gasteiger partial charge < -0.3 is 16.8 Å². The number of primary amides is 2. The molecule has 0 aromatic rings. The van der Waals surface area contributed by atoms with Gasteiger partial charge in [0.25, 0.3) is 0 Å². The van der Waals surface area contributed by atoms with Crippen LogP contribution in [0, 0.1) is 5.92 Å². The van der Waals surface area contributed by atoms with Gasteiger partial charge in [0, 0.05) is 19.0 Å². The Balaban J connectivity index is 0.000000191. The SMILES string of the molecule is NC(=O)C1CCNCC1.NC(=O)NN1CCCCC1. The first-order valence-corrected chi connectivity index (χ1v) is 6.90. The van der Waals surface area contributed by atoms with Crippen molar-refractivity contribution in [3.63, 3.8) is 0 Å². The highest BCUT2D eigenvalue weighted by Crippen LogP contribution is 2.09. The monoisotopic (exact) mass is 271 g/mol. The van der Waals surface area contributed by atoms with E-state index in [1.54, 1.807) is 0 Å². The molecule has 3 amide bonds. The number of hydrogen-bond donors (Lipinski definition) is 4. The number of piperidine rings is 2. The number of hydrazine groups is 1. The van der Waals surface area contributed by atoms with E-state index in [4.69, 9.17) is 11.5 Å². The second kappa shape index (κ2) is 8.71. The maximum Gasteiger partial charge on any atom is 0.326 e. The predicted octanol–water partition coefficient (Wildman–Crippen LogP) is -0.473. The van der Waals surface area contributed by atoms with Crippen LogP contribution in [-0.4, -0.2) is 43.1 Å². The highest BCUT2D eigenvalue weighted by atomic mass is 16.2. The van der Waals surface area contributed by atoms with Gasteiger partial charge >= 0.3 is 6.03 Å². The van der Waals surface area contributed by atoms with E-state index in [0.29, 0.717) is 0 Å². The van der Waals surface area contributed by atoms with E-state index >= 15 is 0 Å². The number of carbonyl (C=O) groups is 2. The molecule has 0 bridgehead atoms. The maximum absolute atomic E-state index is 10.5. The van der Waals surface area contributed by atoms with Crippen LogP contribution in [0.15, 0.2) is 0 Å². The third-order valence-electron chi connectivity index (χ3n) is 3.37. The second-order valence-corrected chi connectivity index (χ2v) is 4.95. The summed E-state index contributed by atoms with van der Waals surface area (Å²) < 4.78 is 0. The van der Waals surface area contributed by atoms with Gasteiger partial charge in [-0.25, -0.2) is 9.80 Å². The van der Waals surface area contributed by atoms with Crippen LogP contribution in [0.1, 0.15) is 32.1 Å². The molecule has 2 rings (SSSR count). The summed E-state index contributed by atoms with van der Waals surface area (Å²) in [7, 11) is 0. The number of nitrogens with two attached hydrogens (primary N) is 2. The lowest BCUT2D eigenvalue weighted by Gasteiger charge is -2.25. The molecule has 2 saturated heterocycles. The molecule has 110 valence electrons. The Morgan fingerprint density at radius 3 is 2.05 bits per heavy atom. The Morgan fingerprint density at radius 1 is 1.05 bits per heavy atom. The molecule has 0 spiro atoms. The van der Waals surface area contributed by atoms with Crippen LogP contribution < -0.4 is 22.2 Å². The fourth-order valence-corrected chi connectivity index (χ4v) is 2.27. The summed E-state index contributed by atoms with van der Waals surface area (Å²) in [6.07, 6.45) is 5.39. The molecule has 2 heterocycles. The summed E-state index contributed by atoms with van der Waals surface area (Å²) in [4.78, 5) is 20.9. The van der Waals surface area contributed by atoms with Gasteiger partial charge in [-0.1, -0.05) is 6.42 Å². The molecule has 7 nitrogen and oxygen atoms in total. The van der Waals surface area contributed by atoms with Crippen molar-refractivity contribution >= 4 is 11.9 Å². The normalized spacial score (nSPS) is 21.1. The molecule has 0 aliphatic carbocycles.